The van der Waals surface area contributed by atoms with Crippen molar-refractivity contribution in [2.24, 2.45) is 0 Å². The first-order valence-electron chi connectivity index (χ1n) is 20.0. The van der Waals surface area contributed by atoms with Gasteiger partial charge in [-0.15, -0.1) is 11.3 Å². The summed E-state index contributed by atoms with van der Waals surface area (Å²) in [6.45, 7) is 4.87. The highest BCUT2D eigenvalue weighted by Crippen LogP contribution is 2.56. The summed E-state index contributed by atoms with van der Waals surface area (Å²) in [6.07, 6.45) is 13.8. The topological polar surface area (TPSA) is 0 Å². The van der Waals surface area contributed by atoms with Crippen molar-refractivity contribution in [3.63, 3.8) is 0 Å². The smallest absolute Gasteiger partial charge is 0.0433 e. The molecule has 0 nitrogen and oxygen atoms in total. The standard InChI is InChI=1S/C55H42S/c1-55(2)51-30-28-38(32-49(51)50-34-48-39(33-52(50)55)27-29-47-46-24-11-12-26-53(46)56-54(47)48)43-20-6-4-3-5-19-42(44-22-9-10-23-45(43)44)37-18-13-17-36(31-37)41-25-14-16-35-15-7-8-21-40(35)41/h3-30,33-34,36,49H,31-32H2,1-2H3. The highest BCUT2D eigenvalue weighted by molar-refractivity contribution is 7.26. The van der Waals surface area contributed by atoms with E-state index in [1.54, 1.807) is 0 Å². The van der Waals surface area contributed by atoms with Gasteiger partial charge in [0.15, 0.2) is 0 Å². The summed E-state index contributed by atoms with van der Waals surface area (Å²) < 4.78 is 2.77. The van der Waals surface area contributed by atoms with E-state index in [9.17, 15) is 0 Å². The van der Waals surface area contributed by atoms with Crippen LogP contribution in [0.2, 0.25) is 0 Å². The molecular weight excluding hydrogens is 693 g/mol. The first-order valence-corrected chi connectivity index (χ1v) is 20.8. The molecule has 0 saturated heterocycles. The number of thiophene rings is 1. The van der Waals surface area contributed by atoms with Crippen LogP contribution < -0.4 is 0 Å². The van der Waals surface area contributed by atoms with Gasteiger partial charge in [-0.1, -0.05) is 183 Å². The number of benzene rings is 6. The van der Waals surface area contributed by atoms with Crippen LogP contribution in [-0.4, -0.2) is 0 Å². The normalized spacial score (nSPS) is 18.4. The van der Waals surface area contributed by atoms with Gasteiger partial charge < -0.3 is 0 Å². The van der Waals surface area contributed by atoms with Crippen LogP contribution in [0.15, 0.2) is 188 Å². The first-order chi connectivity index (χ1) is 27.5. The molecule has 7 aromatic carbocycles. The highest BCUT2D eigenvalue weighted by Gasteiger charge is 2.43. The zero-order chi connectivity index (χ0) is 37.4. The Balaban J connectivity index is 1.03. The third-order valence-electron chi connectivity index (χ3n) is 12.9. The Bertz CT molecular complexity index is 3120. The number of hydrogen-bond donors (Lipinski definition) is 0. The van der Waals surface area contributed by atoms with Crippen LogP contribution in [0.3, 0.4) is 0 Å². The van der Waals surface area contributed by atoms with Gasteiger partial charge in [0.2, 0.25) is 0 Å². The molecule has 0 bridgehead atoms. The van der Waals surface area contributed by atoms with Crippen molar-refractivity contribution in [3.05, 3.63) is 215 Å². The zero-order valence-electron chi connectivity index (χ0n) is 31.8. The van der Waals surface area contributed by atoms with E-state index in [0.717, 1.165) is 12.8 Å². The lowest BCUT2D eigenvalue weighted by molar-refractivity contribution is 0.615. The minimum absolute atomic E-state index is 0.0316. The molecule has 1 aromatic heterocycles. The van der Waals surface area contributed by atoms with E-state index in [-0.39, 0.29) is 5.41 Å². The van der Waals surface area contributed by atoms with Gasteiger partial charge in [0, 0.05) is 37.4 Å². The van der Waals surface area contributed by atoms with Gasteiger partial charge in [0.05, 0.1) is 0 Å². The average Bonchev–Trinajstić information content (AvgIpc) is 3.73. The largest absolute Gasteiger partial charge is 0.135 e. The third-order valence-corrected chi connectivity index (χ3v) is 14.1. The lowest BCUT2D eigenvalue weighted by Gasteiger charge is -2.27. The second-order valence-electron chi connectivity index (χ2n) is 16.3. The highest BCUT2D eigenvalue weighted by atomic mass is 32.1. The van der Waals surface area contributed by atoms with Crippen molar-refractivity contribution in [1.82, 2.24) is 0 Å². The molecule has 3 aliphatic carbocycles. The predicted octanol–water partition coefficient (Wildman–Crippen LogP) is 15.6. The maximum atomic E-state index is 2.56. The Hall–Kier alpha value is -6.02. The van der Waals surface area contributed by atoms with Crippen molar-refractivity contribution in [2.45, 2.75) is 43.9 Å². The summed E-state index contributed by atoms with van der Waals surface area (Å²) in [5.74, 6) is 0.646. The van der Waals surface area contributed by atoms with E-state index >= 15 is 0 Å². The van der Waals surface area contributed by atoms with E-state index in [2.05, 4.69) is 196 Å². The first kappa shape index (κ1) is 33.3. The zero-order valence-corrected chi connectivity index (χ0v) is 32.6. The number of allylic oxidation sites excluding steroid dienone is 8. The van der Waals surface area contributed by atoms with Gasteiger partial charge in [-0.3, -0.25) is 0 Å². The molecule has 2 atom stereocenters. The summed E-state index contributed by atoms with van der Waals surface area (Å²) in [4.78, 5) is 0. The van der Waals surface area contributed by atoms with Crippen molar-refractivity contribution < 1.29 is 0 Å². The van der Waals surface area contributed by atoms with Crippen LogP contribution in [-0.2, 0) is 5.41 Å². The van der Waals surface area contributed by atoms with Crippen LogP contribution in [0.25, 0.3) is 63.6 Å². The Morgan fingerprint density at radius 1 is 0.500 bits per heavy atom. The summed E-state index contributed by atoms with van der Waals surface area (Å²) >= 11 is 1.94. The lowest BCUT2D eigenvalue weighted by atomic mass is 9.76. The van der Waals surface area contributed by atoms with Crippen LogP contribution in [0.1, 0.15) is 66.3 Å². The molecule has 0 amide bonds. The Morgan fingerprint density at radius 3 is 1.98 bits per heavy atom. The fraction of sp³-hybridized carbons (Fsp3) is 0.127. The predicted molar refractivity (Wildman–Crippen MR) is 243 cm³/mol. The molecule has 1 heterocycles. The molecule has 3 aliphatic rings. The summed E-state index contributed by atoms with van der Waals surface area (Å²) in [6, 6.07) is 56.7. The summed E-state index contributed by atoms with van der Waals surface area (Å²) in [5, 5.41) is 10.7. The van der Waals surface area contributed by atoms with Crippen molar-refractivity contribution >= 4 is 75.0 Å². The van der Waals surface area contributed by atoms with Crippen molar-refractivity contribution in [2.75, 3.05) is 0 Å². The molecule has 0 fully saturated rings. The monoisotopic (exact) mass is 734 g/mol. The molecule has 0 N–H and O–H groups in total. The molecule has 268 valence electrons. The van der Waals surface area contributed by atoms with Gasteiger partial charge in [-0.2, -0.15) is 0 Å². The maximum Gasteiger partial charge on any atom is 0.0433 e. The molecule has 0 aliphatic heterocycles. The van der Waals surface area contributed by atoms with Gasteiger partial charge in [0.25, 0.3) is 0 Å². The lowest BCUT2D eigenvalue weighted by Crippen LogP contribution is -2.17. The van der Waals surface area contributed by atoms with E-state index < -0.39 is 0 Å². The Kier molecular flexibility index (Phi) is 7.76. The summed E-state index contributed by atoms with van der Waals surface area (Å²) in [5.41, 5.74) is 11.2. The third kappa shape index (κ3) is 5.25. The molecule has 0 spiro atoms. The van der Waals surface area contributed by atoms with Crippen LogP contribution >= 0.6 is 11.3 Å². The number of rotatable bonds is 3. The van der Waals surface area contributed by atoms with Crippen LogP contribution in [0.4, 0.5) is 0 Å². The quantitative estimate of drug-likeness (QED) is 0.170. The Morgan fingerprint density at radius 2 is 1.18 bits per heavy atom. The maximum absolute atomic E-state index is 2.56. The number of fused-ring (bicyclic) bond motifs is 10. The molecule has 0 saturated carbocycles. The van der Waals surface area contributed by atoms with Crippen LogP contribution in [0, 0.1) is 0 Å². The molecule has 2 unspecified atom stereocenters. The Labute approximate surface area is 332 Å². The van der Waals surface area contributed by atoms with Gasteiger partial charge in [-0.05, 0) is 102 Å². The molecule has 1 heteroatoms. The molecule has 11 rings (SSSR count). The van der Waals surface area contributed by atoms with E-state index in [1.165, 1.54) is 97.0 Å². The van der Waals surface area contributed by atoms with Crippen molar-refractivity contribution in [3.8, 4) is 0 Å². The fourth-order valence-corrected chi connectivity index (χ4v) is 11.4. The van der Waals surface area contributed by atoms with Gasteiger partial charge >= 0.3 is 0 Å². The second kappa shape index (κ2) is 13.0. The van der Waals surface area contributed by atoms with E-state index in [1.807, 2.05) is 11.3 Å². The van der Waals surface area contributed by atoms with Gasteiger partial charge in [0.1, 0.15) is 0 Å². The molecule has 8 aromatic rings. The average molecular weight is 735 g/mol. The molecule has 56 heavy (non-hydrogen) atoms. The number of hydrogen-bond acceptors (Lipinski definition) is 1. The minimum atomic E-state index is -0.0316. The SMILES string of the molecule is CC1(C)C2=CC=C(c3ccccccc(C4=CC=CC(c5cccc6ccccc56)C4)c4ccccc34)CC2c2cc3c(ccc4c5ccccc5sc34)cc21. The van der Waals surface area contributed by atoms with E-state index in [4.69, 9.17) is 0 Å². The molecular formula is C55H42S. The summed E-state index contributed by atoms with van der Waals surface area (Å²) in [7, 11) is 0. The van der Waals surface area contributed by atoms with Crippen molar-refractivity contribution in [1.29, 1.82) is 0 Å². The van der Waals surface area contributed by atoms with E-state index in [0.29, 0.717) is 11.8 Å². The van der Waals surface area contributed by atoms with Crippen LogP contribution in [0.5, 0.6) is 0 Å². The minimum Gasteiger partial charge on any atom is -0.135 e. The fourth-order valence-electron chi connectivity index (χ4n) is 10.2. The second-order valence-corrected chi connectivity index (χ2v) is 17.4. The molecule has 0 radical (unpaired) electrons. The van der Waals surface area contributed by atoms with Gasteiger partial charge in [-0.25, -0.2) is 0 Å².